The third-order valence-electron chi connectivity index (χ3n) is 15.8. The van der Waals surface area contributed by atoms with Crippen LogP contribution in [0.1, 0.15) is 1.43 Å². The molecule has 0 fully saturated rings. The van der Waals surface area contributed by atoms with E-state index in [1.165, 1.54) is 63.7 Å². The van der Waals surface area contributed by atoms with Crippen molar-refractivity contribution in [3.8, 4) is 11.3 Å². The first-order valence-corrected chi connectivity index (χ1v) is 42.8. The molecule has 556 valence electrons. The molecular weight excluding hydrogens is 1810 g/mol. The molecule has 7 nitrogen and oxygen atoms in total. The molecule has 2 aromatic heterocycles. The van der Waals surface area contributed by atoms with Crippen LogP contribution in [0.25, 0.3) is 11.3 Å². The van der Waals surface area contributed by atoms with Crippen molar-refractivity contribution < 1.29 is 150 Å². The zero-order valence-electron chi connectivity index (χ0n) is 63.3. The SMILES string of the molecule is Brc1ccc(-c2ccccc2)nc1.Brc1ccc(Br)nc1.O=CO[O-].OB(O)c1ccccc1.[H-].[K+].[K+].[Pd].c1ccc(P(c2ccccc2)c2ccccc2)cc1.c1ccc(P(c2ccccc2)c2ccccc2)cc1.c1ccc(P(c2ccccc2)c2ccccc2)cc1.c1ccc(P(c2ccccc2)c2ccccc2)cc1. The van der Waals surface area contributed by atoms with E-state index in [4.69, 9.17) is 20.1 Å². The molecule has 0 aliphatic heterocycles. The molecule has 16 rings (SSSR count). The first kappa shape index (κ1) is 95.7. The van der Waals surface area contributed by atoms with Crippen LogP contribution in [0, 0.1) is 0 Å². The Morgan fingerprint density at radius 1 is 0.283 bits per heavy atom. The molecule has 0 unspecified atom stereocenters. The van der Waals surface area contributed by atoms with Crippen LogP contribution >= 0.6 is 79.5 Å². The van der Waals surface area contributed by atoms with Gasteiger partial charge in [0.25, 0.3) is 6.47 Å². The zero-order valence-corrected chi connectivity index (χ0v) is 78.4. The minimum atomic E-state index is -1.34. The number of benzene rings is 14. The van der Waals surface area contributed by atoms with Gasteiger partial charge in [-0.05, 0) is 173 Å². The number of hydrogen-bond acceptors (Lipinski definition) is 7. The number of carbonyl (C=O) groups excluding carboxylic acids is 1. The van der Waals surface area contributed by atoms with Crippen LogP contribution in [0.3, 0.4) is 0 Å². The number of aromatic nitrogens is 2. The molecule has 16 aromatic rings. The van der Waals surface area contributed by atoms with E-state index in [1.54, 1.807) is 30.5 Å². The smallest absolute Gasteiger partial charge is 1.00 e. The first-order valence-electron chi connectivity index (χ1n) is 35.1. The van der Waals surface area contributed by atoms with Gasteiger partial charge in [0.1, 0.15) is 4.60 Å². The first-order chi connectivity index (χ1) is 54.2. The van der Waals surface area contributed by atoms with E-state index in [-0.39, 0.29) is 131 Å². The molecule has 0 saturated heterocycles. The van der Waals surface area contributed by atoms with E-state index in [0.29, 0.717) is 5.46 Å². The molecule has 0 aliphatic carbocycles. The van der Waals surface area contributed by atoms with Gasteiger partial charge in [0.15, 0.2) is 0 Å². The van der Waals surface area contributed by atoms with Gasteiger partial charge < -0.3 is 21.6 Å². The second-order valence-corrected chi connectivity index (χ2v) is 34.9. The van der Waals surface area contributed by atoms with Crippen molar-refractivity contribution in [1.82, 2.24) is 9.97 Å². The molecule has 0 amide bonds. The Morgan fingerprint density at radius 3 is 0.602 bits per heavy atom. The molecule has 0 atom stereocenters. The maximum absolute atomic E-state index is 8.64. The molecule has 0 bridgehead atoms. The van der Waals surface area contributed by atoms with Crippen LogP contribution < -0.4 is 177 Å². The predicted molar refractivity (Wildman–Crippen MR) is 482 cm³/mol. The van der Waals surface area contributed by atoms with Gasteiger partial charge >= 0.3 is 110 Å². The van der Waals surface area contributed by atoms with E-state index in [1.807, 2.05) is 54.7 Å². The fourth-order valence-electron chi connectivity index (χ4n) is 10.9. The molecule has 113 heavy (non-hydrogen) atoms. The molecule has 0 aliphatic rings. The van der Waals surface area contributed by atoms with Gasteiger partial charge in [0.2, 0.25) is 0 Å². The standard InChI is InChI=1S/4C18H15P.C11H8BrN.C6H7BO2.C5H3Br2N.CH2O3.2K.Pd.H/c4*1-4-10-16(11-5-1)19(17-12-6-2-7-13-17)18-14-8-3-9-15-18;12-10-6-7-11(13-8-10)9-4-2-1-3-5-9;8-7(9)6-4-2-1-3-5-6;6-4-1-2-5(7)8-3-4;2-1-4-3;;;;/h4*1-15H;1-8H;1-5,8-9H;1-3H;1,3H;;;;/q;;;;;;;;2*+1;;-1/p-1. The van der Waals surface area contributed by atoms with E-state index in [9.17, 15) is 0 Å². The Bertz CT molecular complexity index is 4210. The Balaban J connectivity index is 0.000000238. The largest absolute Gasteiger partial charge is 1.00 e. The number of pyridine rings is 2. The summed E-state index contributed by atoms with van der Waals surface area (Å²) in [6.07, 6.45) is 3.55. The molecule has 0 spiro atoms. The van der Waals surface area contributed by atoms with Crippen LogP contribution in [0.2, 0.25) is 0 Å². The summed E-state index contributed by atoms with van der Waals surface area (Å²) < 4.78 is 2.87. The van der Waals surface area contributed by atoms with E-state index >= 15 is 0 Å². The van der Waals surface area contributed by atoms with E-state index < -0.39 is 38.8 Å². The zero-order chi connectivity index (χ0) is 76.8. The van der Waals surface area contributed by atoms with Crippen molar-refractivity contribution in [3.63, 3.8) is 0 Å². The summed E-state index contributed by atoms with van der Waals surface area (Å²) >= 11 is 9.83. The molecule has 2 N–H and O–H groups in total. The number of nitrogens with zero attached hydrogens (tertiary/aromatic N) is 2. The summed E-state index contributed by atoms with van der Waals surface area (Å²) in [5.41, 5.74) is 2.68. The minimum absolute atomic E-state index is 0. The second-order valence-electron chi connectivity index (χ2n) is 23.4. The molecule has 18 heteroatoms. The number of rotatable bonds is 15. The normalized spacial score (nSPS) is 9.82. The van der Waals surface area contributed by atoms with Gasteiger partial charge in [-0.15, -0.1) is 0 Å². The quantitative estimate of drug-likeness (QED) is 0.0262. The maximum Gasteiger partial charge on any atom is 1.00 e. The van der Waals surface area contributed by atoms with Gasteiger partial charge in [-0.25, -0.2) is 4.98 Å². The summed E-state index contributed by atoms with van der Waals surface area (Å²) in [7, 11) is -3.13. The van der Waals surface area contributed by atoms with E-state index in [0.717, 1.165) is 24.8 Å². The predicted octanol–water partition coefficient (Wildman–Crippen LogP) is 11.8. The second kappa shape index (κ2) is 57.1. The Hall–Kier alpha value is -6.11. The summed E-state index contributed by atoms with van der Waals surface area (Å²) in [6.45, 7) is -0.181. The van der Waals surface area contributed by atoms with Crippen molar-refractivity contribution in [2.75, 3.05) is 0 Å². The average molecular weight is 1890 g/mol. The van der Waals surface area contributed by atoms with Crippen LogP contribution in [0.5, 0.6) is 0 Å². The van der Waals surface area contributed by atoms with Crippen molar-refractivity contribution in [2.45, 2.75) is 0 Å². The van der Waals surface area contributed by atoms with Crippen LogP contribution in [-0.4, -0.2) is 33.6 Å². The van der Waals surface area contributed by atoms with Crippen molar-refractivity contribution in [2.24, 2.45) is 0 Å². The molecule has 14 aromatic carbocycles. The maximum atomic E-state index is 8.64. The summed E-state index contributed by atoms with van der Waals surface area (Å²) in [5, 5.41) is 42.4. The van der Waals surface area contributed by atoms with Crippen LogP contribution in [0.4, 0.5) is 0 Å². The topological polar surface area (TPSA) is 116 Å². The summed E-state index contributed by atoms with van der Waals surface area (Å²) in [6, 6.07) is 156. The molecule has 2 heterocycles. The monoisotopic (exact) mass is 1880 g/mol. The molecule has 0 radical (unpaired) electrons. The van der Waals surface area contributed by atoms with E-state index in [2.05, 4.69) is 439 Å². The van der Waals surface area contributed by atoms with Crippen molar-refractivity contribution >= 4 is 162 Å². The third kappa shape index (κ3) is 34.2. The number of halogens is 3. The third-order valence-corrected chi connectivity index (χ3v) is 27.0. The van der Waals surface area contributed by atoms with Gasteiger partial charge in [-0.3, -0.25) is 9.78 Å². The number of carbonyl (C=O) groups is 1. The summed E-state index contributed by atoms with van der Waals surface area (Å²) in [4.78, 5) is 19.5. The van der Waals surface area contributed by atoms with Crippen molar-refractivity contribution in [3.05, 3.63) is 475 Å². The van der Waals surface area contributed by atoms with Crippen LogP contribution in [-0.2, 0) is 30.1 Å². The fraction of sp³-hybridized carbons (Fsp3) is 0. The Morgan fingerprint density at radius 2 is 0.460 bits per heavy atom. The average Bonchev–Trinajstić information content (AvgIpc) is 0.830. The Labute approximate surface area is 796 Å². The van der Waals surface area contributed by atoms with Crippen LogP contribution in [0.15, 0.2) is 475 Å². The molecule has 0 saturated carbocycles. The summed E-state index contributed by atoms with van der Waals surface area (Å²) in [5.74, 6) is 0. The van der Waals surface area contributed by atoms with Gasteiger partial charge in [-0.2, -0.15) is 0 Å². The van der Waals surface area contributed by atoms with Gasteiger partial charge in [-0.1, -0.05) is 425 Å². The molecular formula is C95H80BBr3K2N2O5P4Pd. The minimum Gasteiger partial charge on any atom is -1.00 e. The number of hydrogen-bond donors (Lipinski definition) is 2. The Kier molecular flexibility index (Phi) is 48.3. The van der Waals surface area contributed by atoms with Crippen molar-refractivity contribution in [1.29, 1.82) is 0 Å². The van der Waals surface area contributed by atoms with Gasteiger partial charge in [0, 0.05) is 47.3 Å². The van der Waals surface area contributed by atoms with Gasteiger partial charge in [0.05, 0.1) is 5.69 Å². The fourth-order valence-corrected chi connectivity index (χ4v) is 20.8.